The highest BCUT2D eigenvalue weighted by atomic mass is 15.1. The number of rotatable bonds is 6. The van der Waals surface area contributed by atoms with Gasteiger partial charge in [0.15, 0.2) is 0 Å². The van der Waals surface area contributed by atoms with Crippen LogP contribution in [0, 0.1) is 5.92 Å². The van der Waals surface area contributed by atoms with Crippen LogP contribution in [-0.2, 0) is 6.42 Å². The van der Waals surface area contributed by atoms with E-state index in [0.717, 1.165) is 5.92 Å². The standard InChI is InChI=1S/C18H29N/c1-19(2)18-15-9-8-14-17(18)13-7-6-12-16-10-4-3-5-11-16/h8-9,14-16H,3-7,10-13H2,1-2H3. The van der Waals surface area contributed by atoms with Crippen LogP contribution in [0.5, 0.6) is 0 Å². The van der Waals surface area contributed by atoms with Gasteiger partial charge in [-0.3, -0.25) is 0 Å². The van der Waals surface area contributed by atoms with Gasteiger partial charge < -0.3 is 4.90 Å². The van der Waals surface area contributed by atoms with E-state index in [1.54, 1.807) is 0 Å². The van der Waals surface area contributed by atoms with Crippen molar-refractivity contribution in [2.24, 2.45) is 5.92 Å². The molecule has 0 aliphatic heterocycles. The van der Waals surface area contributed by atoms with Crippen LogP contribution in [-0.4, -0.2) is 14.1 Å². The lowest BCUT2D eigenvalue weighted by Gasteiger charge is -2.21. The molecule has 0 heterocycles. The van der Waals surface area contributed by atoms with Crippen molar-refractivity contribution in [3.8, 4) is 0 Å². The molecule has 0 atom stereocenters. The molecule has 1 nitrogen and oxygen atoms in total. The topological polar surface area (TPSA) is 3.24 Å². The van der Waals surface area contributed by atoms with Gasteiger partial charge in [0.2, 0.25) is 0 Å². The van der Waals surface area contributed by atoms with Gasteiger partial charge in [-0.15, -0.1) is 0 Å². The van der Waals surface area contributed by atoms with Crippen molar-refractivity contribution in [2.45, 2.75) is 57.8 Å². The molecular formula is C18H29N. The Labute approximate surface area is 119 Å². The largest absolute Gasteiger partial charge is 0.377 e. The van der Waals surface area contributed by atoms with E-state index in [1.807, 2.05) is 0 Å². The summed E-state index contributed by atoms with van der Waals surface area (Å²) >= 11 is 0. The van der Waals surface area contributed by atoms with Gasteiger partial charge in [0.25, 0.3) is 0 Å². The van der Waals surface area contributed by atoms with Crippen LogP contribution < -0.4 is 4.90 Å². The molecule has 0 bridgehead atoms. The minimum atomic E-state index is 1.04. The van der Waals surface area contributed by atoms with Gasteiger partial charge in [0.05, 0.1) is 0 Å². The van der Waals surface area contributed by atoms with Crippen molar-refractivity contribution in [1.29, 1.82) is 0 Å². The summed E-state index contributed by atoms with van der Waals surface area (Å²) in [6.07, 6.45) is 12.9. The fraction of sp³-hybridized carbons (Fsp3) is 0.667. The predicted octanol–water partition coefficient (Wildman–Crippen LogP) is 5.05. The number of benzene rings is 1. The Kier molecular flexibility index (Phi) is 5.75. The lowest BCUT2D eigenvalue weighted by atomic mass is 9.85. The first-order valence-corrected chi connectivity index (χ1v) is 8.02. The van der Waals surface area contributed by atoms with Gasteiger partial charge in [-0.05, 0) is 30.4 Å². The van der Waals surface area contributed by atoms with Crippen LogP contribution in [0.15, 0.2) is 24.3 Å². The summed E-state index contributed by atoms with van der Waals surface area (Å²) < 4.78 is 0. The number of hydrogen-bond acceptors (Lipinski definition) is 1. The van der Waals surface area contributed by atoms with E-state index in [0.29, 0.717) is 0 Å². The third kappa shape index (κ3) is 4.56. The Balaban J connectivity index is 1.73. The molecule has 1 fully saturated rings. The number of hydrogen-bond donors (Lipinski definition) is 0. The zero-order valence-corrected chi connectivity index (χ0v) is 12.7. The summed E-state index contributed by atoms with van der Waals surface area (Å²) in [6.45, 7) is 0. The van der Waals surface area contributed by atoms with Gasteiger partial charge >= 0.3 is 0 Å². The first-order valence-electron chi connectivity index (χ1n) is 8.02. The molecule has 1 aliphatic rings. The molecule has 19 heavy (non-hydrogen) atoms. The Morgan fingerprint density at radius 1 is 1.00 bits per heavy atom. The second-order valence-electron chi connectivity index (χ2n) is 6.27. The Bertz CT molecular complexity index is 364. The van der Waals surface area contributed by atoms with Crippen molar-refractivity contribution < 1.29 is 0 Å². The lowest BCUT2D eigenvalue weighted by Crippen LogP contribution is -2.11. The maximum Gasteiger partial charge on any atom is 0.0393 e. The predicted molar refractivity (Wildman–Crippen MR) is 84.9 cm³/mol. The van der Waals surface area contributed by atoms with E-state index in [1.165, 1.54) is 69.0 Å². The summed E-state index contributed by atoms with van der Waals surface area (Å²) in [5, 5.41) is 0. The average molecular weight is 259 g/mol. The zero-order valence-electron chi connectivity index (χ0n) is 12.7. The van der Waals surface area contributed by atoms with Crippen molar-refractivity contribution in [3.63, 3.8) is 0 Å². The normalized spacial score (nSPS) is 16.5. The number of nitrogens with zero attached hydrogens (tertiary/aromatic N) is 1. The summed E-state index contributed by atoms with van der Waals surface area (Å²) in [5.41, 5.74) is 2.90. The van der Waals surface area contributed by atoms with Gasteiger partial charge in [0, 0.05) is 19.8 Å². The smallest absolute Gasteiger partial charge is 0.0393 e. The first-order chi connectivity index (χ1) is 9.27. The zero-order chi connectivity index (χ0) is 13.5. The minimum Gasteiger partial charge on any atom is -0.377 e. The van der Waals surface area contributed by atoms with E-state index in [2.05, 4.69) is 43.3 Å². The van der Waals surface area contributed by atoms with Crippen LogP contribution >= 0.6 is 0 Å². The highest BCUT2D eigenvalue weighted by Crippen LogP contribution is 2.28. The monoisotopic (exact) mass is 259 g/mol. The van der Waals surface area contributed by atoms with Crippen LogP contribution in [0.4, 0.5) is 5.69 Å². The molecule has 1 aromatic carbocycles. The van der Waals surface area contributed by atoms with Crippen LogP contribution in [0.1, 0.15) is 56.9 Å². The third-order valence-corrected chi connectivity index (χ3v) is 4.51. The molecule has 1 heteroatoms. The van der Waals surface area contributed by atoms with Crippen molar-refractivity contribution in [2.75, 3.05) is 19.0 Å². The summed E-state index contributed by atoms with van der Waals surface area (Å²) in [5.74, 6) is 1.04. The second-order valence-corrected chi connectivity index (χ2v) is 6.27. The Morgan fingerprint density at radius 3 is 2.47 bits per heavy atom. The summed E-state index contributed by atoms with van der Waals surface area (Å²) in [6, 6.07) is 8.83. The molecule has 1 saturated carbocycles. The van der Waals surface area contributed by atoms with Gasteiger partial charge in [0.1, 0.15) is 0 Å². The minimum absolute atomic E-state index is 1.04. The molecule has 0 radical (unpaired) electrons. The lowest BCUT2D eigenvalue weighted by molar-refractivity contribution is 0.330. The van der Waals surface area contributed by atoms with E-state index >= 15 is 0 Å². The van der Waals surface area contributed by atoms with Gasteiger partial charge in [-0.2, -0.15) is 0 Å². The molecule has 2 rings (SSSR count). The molecule has 0 N–H and O–H groups in total. The number of aryl methyl sites for hydroxylation is 1. The fourth-order valence-corrected chi connectivity index (χ4v) is 3.38. The molecule has 0 aromatic heterocycles. The average Bonchev–Trinajstić information content (AvgIpc) is 2.45. The number of unbranched alkanes of at least 4 members (excludes halogenated alkanes) is 1. The van der Waals surface area contributed by atoms with Crippen molar-refractivity contribution >= 4 is 5.69 Å². The second kappa shape index (κ2) is 7.57. The Morgan fingerprint density at radius 2 is 1.74 bits per heavy atom. The van der Waals surface area contributed by atoms with E-state index < -0.39 is 0 Å². The van der Waals surface area contributed by atoms with Gasteiger partial charge in [-0.1, -0.05) is 63.1 Å². The third-order valence-electron chi connectivity index (χ3n) is 4.51. The fourth-order valence-electron chi connectivity index (χ4n) is 3.38. The van der Waals surface area contributed by atoms with Crippen molar-refractivity contribution in [3.05, 3.63) is 29.8 Å². The number of anilines is 1. The maximum absolute atomic E-state index is 2.29. The van der Waals surface area contributed by atoms with Crippen molar-refractivity contribution in [1.82, 2.24) is 0 Å². The first kappa shape index (κ1) is 14.4. The number of para-hydroxylation sites is 1. The molecule has 1 aromatic rings. The quantitative estimate of drug-likeness (QED) is 0.646. The molecular weight excluding hydrogens is 230 g/mol. The summed E-state index contributed by atoms with van der Waals surface area (Å²) in [7, 11) is 4.28. The SMILES string of the molecule is CN(C)c1ccccc1CCCCC1CCCCC1. The Hall–Kier alpha value is -0.980. The molecule has 0 amide bonds. The highest BCUT2D eigenvalue weighted by molar-refractivity contribution is 5.52. The molecule has 1 aliphatic carbocycles. The molecule has 106 valence electrons. The molecule has 0 saturated heterocycles. The van der Waals surface area contributed by atoms with Gasteiger partial charge in [-0.25, -0.2) is 0 Å². The highest BCUT2D eigenvalue weighted by Gasteiger charge is 2.12. The maximum atomic E-state index is 2.29. The van der Waals surface area contributed by atoms with Crippen LogP contribution in [0.3, 0.4) is 0 Å². The molecule has 0 unspecified atom stereocenters. The van der Waals surface area contributed by atoms with E-state index in [-0.39, 0.29) is 0 Å². The van der Waals surface area contributed by atoms with E-state index in [9.17, 15) is 0 Å². The summed E-state index contributed by atoms with van der Waals surface area (Å²) in [4.78, 5) is 2.23. The molecule has 0 spiro atoms. The van der Waals surface area contributed by atoms with Crippen LogP contribution in [0.2, 0.25) is 0 Å². The van der Waals surface area contributed by atoms with Crippen LogP contribution in [0.25, 0.3) is 0 Å². The van der Waals surface area contributed by atoms with E-state index in [4.69, 9.17) is 0 Å².